The van der Waals surface area contributed by atoms with Crippen molar-refractivity contribution in [3.8, 4) is 22.8 Å². The Morgan fingerprint density at radius 2 is 1.68 bits per heavy atom. The summed E-state index contributed by atoms with van der Waals surface area (Å²) in [6, 6.07) is 23.4. The van der Waals surface area contributed by atoms with Crippen LogP contribution < -0.4 is 9.46 Å². The highest BCUT2D eigenvalue weighted by atomic mass is 32.2. The van der Waals surface area contributed by atoms with Gasteiger partial charge < -0.3 is 9.47 Å². The lowest BCUT2D eigenvalue weighted by Crippen LogP contribution is -2.17. The molecule has 0 saturated heterocycles. The molecule has 4 rings (SSSR count). The maximum atomic E-state index is 12.7. The molecular formula is C31H37N3O5S. The second-order valence-corrected chi connectivity index (χ2v) is 11.8. The van der Waals surface area contributed by atoms with Crippen molar-refractivity contribution in [3.63, 3.8) is 0 Å². The van der Waals surface area contributed by atoms with Gasteiger partial charge >= 0.3 is 5.97 Å². The van der Waals surface area contributed by atoms with Gasteiger partial charge in [0.15, 0.2) is 0 Å². The number of nitrogens with zero attached hydrogens (tertiary/aromatic N) is 2. The Hall–Kier alpha value is -3.85. The maximum Gasteiger partial charge on any atom is 0.306 e. The molecule has 0 unspecified atom stereocenters. The van der Waals surface area contributed by atoms with E-state index in [2.05, 4.69) is 9.29 Å². The number of sulfonamides is 1. The minimum atomic E-state index is -3.56. The Morgan fingerprint density at radius 3 is 2.35 bits per heavy atom. The predicted molar refractivity (Wildman–Crippen MR) is 159 cm³/mol. The summed E-state index contributed by atoms with van der Waals surface area (Å²) in [5.74, 6) is 0.986. The van der Waals surface area contributed by atoms with Crippen molar-refractivity contribution in [2.45, 2.75) is 59.0 Å². The molecule has 212 valence electrons. The van der Waals surface area contributed by atoms with Crippen LogP contribution >= 0.6 is 0 Å². The van der Waals surface area contributed by atoms with Crippen LogP contribution in [0.5, 0.6) is 5.75 Å². The summed E-state index contributed by atoms with van der Waals surface area (Å²) in [5.41, 5.74) is 3.68. The van der Waals surface area contributed by atoms with Crippen LogP contribution in [-0.4, -0.2) is 42.4 Å². The van der Waals surface area contributed by atoms with E-state index in [1.165, 1.54) is 0 Å². The number of anilines is 1. The van der Waals surface area contributed by atoms with Gasteiger partial charge in [0.25, 0.3) is 0 Å². The Morgan fingerprint density at radius 1 is 0.975 bits per heavy atom. The summed E-state index contributed by atoms with van der Waals surface area (Å²) >= 11 is 0. The highest BCUT2D eigenvalue weighted by molar-refractivity contribution is 7.92. The van der Waals surface area contributed by atoms with E-state index in [0.29, 0.717) is 49.2 Å². The summed E-state index contributed by atoms with van der Waals surface area (Å²) in [5, 5.41) is 0. The number of aromatic nitrogens is 2. The van der Waals surface area contributed by atoms with Gasteiger partial charge in [0, 0.05) is 23.7 Å². The number of hydrogen-bond acceptors (Lipinski definition) is 6. The number of rotatable bonds is 14. The van der Waals surface area contributed by atoms with Crippen LogP contribution in [0.4, 0.5) is 5.69 Å². The van der Waals surface area contributed by atoms with Gasteiger partial charge in [-0.15, -0.1) is 0 Å². The topological polar surface area (TPSA) is 99.5 Å². The van der Waals surface area contributed by atoms with Crippen LogP contribution in [0.1, 0.15) is 52.9 Å². The molecule has 40 heavy (non-hydrogen) atoms. The van der Waals surface area contributed by atoms with Crippen molar-refractivity contribution in [1.29, 1.82) is 0 Å². The van der Waals surface area contributed by atoms with Gasteiger partial charge in [0.05, 0.1) is 35.2 Å². The van der Waals surface area contributed by atoms with Crippen molar-refractivity contribution in [2.24, 2.45) is 0 Å². The lowest BCUT2D eigenvalue weighted by molar-refractivity contribution is -0.147. The zero-order chi connectivity index (χ0) is 28.5. The Labute approximate surface area is 236 Å². The molecule has 0 radical (unpaired) electrons. The largest absolute Gasteiger partial charge is 0.491 e. The number of carbonyl (C=O) groups excluding carboxylic acids is 1. The third kappa shape index (κ3) is 7.63. The van der Waals surface area contributed by atoms with Crippen LogP contribution in [0.3, 0.4) is 0 Å². The number of nitrogens with one attached hydrogen (secondary N) is 1. The summed E-state index contributed by atoms with van der Waals surface area (Å²) < 4.78 is 41.6. The van der Waals surface area contributed by atoms with Crippen LogP contribution in [0.2, 0.25) is 0 Å². The van der Waals surface area contributed by atoms with E-state index < -0.39 is 10.0 Å². The molecule has 1 aromatic heterocycles. The number of benzene rings is 3. The van der Waals surface area contributed by atoms with Gasteiger partial charge in [0.2, 0.25) is 10.0 Å². The van der Waals surface area contributed by atoms with Crippen molar-refractivity contribution in [1.82, 2.24) is 9.55 Å². The van der Waals surface area contributed by atoms with Gasteiger partial charge in [0.1, 0.15) is 11.6 Å². The van der Waals surface area contributed by atoms with E-state index >= 15 is 0 Å². The van der Waals surface area contributed by atoms with Crippen LogP contribution in [0.25, 0.3) is 28.1 Å². The van der Waals surface area contributed by atoms with Gasteiger partial charge in [-0.2, -0.15) is 0 Å². The van der Waals surface area contributed by atoms with Gasteiger partial charge in [-0.25, -0.2) is 13.4 Å². The second-order valence-electron chi connectivity index (χ2n) is 9.93. The molecule has 9 heteroatoms. The highest BCUT2D eigenvalue weighted by Crippen LogP contribution is 2.36. The molecule has 0 spiro atoms. The second kappa shape index (κ2) is 13.5. The molecular weight excluding hydrogens is 526 g/mol. The zero-order valence-electron chi connectivity index (χ0n) is 23.3. The fourth-order valence-corrected chi connectivity index (χ4v) is 5.60. The molecule has 8 nitrogen and oxygen atoms in total. The average Bonchev–Trinajstić information content (AvgIpc) is 3.29. The Bertz CT molecular complexity index is 1520. The van der Waals surface area contributed by atoms with Crippen LogP contribution in [0, 0.1) is 0 Å². The normalized spacial score (nSPS) is 11.6. The predicted octanol–water partition coefficient (Wildman–Crippen LogP) is 6.74. The summed E-state index contributed by atoms with van der Waals surface area (Å²) in [4.78, 5) is 16.7. The average molecular weight is 564 g/mol. The lowest BCUT2D eigenvalue weighted by Gasteiger charge is -2.15. The number of unbranched alkanes of at least 4 members (excludes halogenated alkanes) is 2. The SMILES string of the molecule is CCCS(=O)(=O)Nc1cc2nc(-c3ccccc3)n(-c3ccccc3)c2cc1OCCCCCC(=O)OC(C)C. The molecule has 3 aromatic carbocycles. The van der Waals surface area contributed by atoms with Gasteiger partial charge in [-0.1, -0.05) is 55.5 Å². The first-order valence-electron chi connectivity index (χ1n) is 13.8. The number of carbonyl (C=O) groups is 1. The molecule has 1 N–H and O–H groups in total. The fraction of sp³-hybridized carbons (Fsp3) is 0.355. The number of hydrogen-bond donors (Lipinski definition) is 1. The third-order valence-corrected chi connectivity index (χ3v) is 7.67. The summed E-state index contributed by atoms with van der Waals surface area (Å²) in [7, 11) is -3.56. The van der Waals surface area contributed by atoms with Gasteiger partial charge in [-0.05, 0) is 57.7 Å². The minimum Gasteiger partial charge on any atom is -0.491 e. The number of imidazole rings is 1. The Kier molecular flexibility index (Phi) is 9.82. The minimum absolute atomic E-state index is 0.00464. The van der Waals surface area contributed by atoms with Crippen molar-refractivity contribution in [2.75, 3.05) is 17.1 Å². The molecule has 0 saturated carbocycles. The standard InChI is InChI=1S/C31H37N3O5S/c1-4-20-40(36,37)33-27-21-26-28(22-29(27)38-19-13-7-12-18-30(35)39-23(2)3)34(25-16-10-6-11-17-25)31(32-26)24-14-8-5-9-15-24/h5-6,8-11,14-17,21-23,33H,4,7,12-13,18-20H2,1-3H3. The molecule has 0 aliphatic rings. The van der Waals surface area contributed by atoms with Crippen LogP contribution in [-0.2, 0) is 19.6 Å². The number of fused-ring (bicyclic) bond motifs is 1. The zero-order valence-corrected chi connectivity index (χ0v) is 24.1. The third-order valence-electron chi connectivity index (χ3n) is 6.19. The fourth-order valence-electron chi connectivity index (χ4n) is 4.46. The van der Waals surface area contributed by atoms with Crippen molar-refractivity contribution >= 4 is 32.7 Å². The van der Waals surface area contributed by atoms with Crippen molar-refractivity contribution in [3.05, 3.63) is 72.8 Å². The first kappa shape index (κ1) is 29.1. The van der Waals surface area contributed by atoms with Crippen molar-refractivity contribution < 1.29 is 22.7 Å². The molecule has 0 aliphatic carbocycles. The molecule has 0 atom stereocenters. The van der Waals surface area contributed by atoms with E-state index in [-0.39, 0.29) is 17.8 Å². The van der Waals surface area contributed by atoms with E-state index in [9.17, 15) is 13.2 Å². The smallest absolute Gasteiger partial charge is 0.306 e. The molecule has 0 amide bonds. The lowest BCUT2D eigenvalue weighted by atomic mass is 10.2. The monoisotopic (exact) mass is 563 g/mol. The maximum absolute atomic E-state index is 12.7. The molecule has 1 heterocycles. The number of ether oxygens (including phenoxy) is 2. The quantitative estimate of drug-likeness (QED) is 0.135. The molecule has 0 aliphatic heterocycles. The molecule has 0 bridgehead atoms. The van der Waals surface area contributed by atoms with E-state index in [0.717, 1.165) is 29.0 Å². The first-order valence-corrected chi connectivity index (χ1v) is 15.4. The van der Waals surface area contributed by atoms with Crippen LogP contribution in [0.15, 0.2) is 72.8 Å². The highest BCUT2D eigenvalue weighted by Gasteiger charge is 2.20. The Balaban J connectivity index is 1.66. The number of para-hydroxylation sites is 1. The molecule has 4 aromatic rings. The van der Waals surface area contributed by atoms with E-state index in [1.807, 2.05) is 87.5 Å². The van der Waals surface area contributed by atoms with E-state index in [1.54, 1.807) is 6.07 Å². The molecule has 0 fully saturated rings. The van der Waals surface area contributed by atoms with Gasteiger partial charge in [-0.3, -0.25) is 14.1 Å². The summed E-state index contributed by atoms with van der Waals surface area (Å²) in [6.07, 6.45) is 2.93. The number of esters is 1. The van der Waals surface area contributed by atoms with E-state index in [4.69, 9.17) is 14.5 Å². The first-order chi connectivity index (χ1) is 19.3. The summed E-state index contributed by atoms with van der Waals surface area (Å²) in [6.45, 7) is 5.87.